The van der Waals surface area contributed by atoms with Crippen LogP contribution in [0.4, 0.5) is 0 Å². The molecule has 0 aliphatic rings. The van der Waals surface area contributed by atoms with Crippen LogP contribution in [0.5, 0.6) is 5.75 Å². The van der Waals surface area contributed by atoms with E-state index in [1.54, 1.807) is 18.2 Å². The molecule has 2 aromatic carbocycles. The smallest absolute Gasteiger partial charge is 0.307 e. The molecule has 0 spiro atoms. The van der Waals surface area contributed by atoms with Gasteiger partial charge in [0, 0.05) is 5.56 Å². The average molecular weight is 431 g/mol. The average Bonchev–Trinajstić information content (AvgIpc) is 2.66. The predicted octanol–water partition coefficient (Wildman–Crippen LogP) is 3.59. The number of esters is 1. The minimum absolute atomic E-state index is 0.0443. The number of ether oxygens (including phenoxy) is 2. The minimum Gasteiger partial charge on any atom is -0.497 e. The van der Waals surface area contributed by atoms with E-state index in [1.807, 2.05) is 0 Å². The van der Waals surface area contributed by atoms with Crippen molar-refractivity contribution in [2.45, 2.75) is 11.3 Å². The van der Waals surface area contributed by atoms with Gasteiger partial charge in [0.15, 0.2) is 22.2 Å². The summed E-state index contributed by atoms with van der Waals surface area (Å²) in [4.78, 5) is 23.8. The molecule has 0 unspecified atom stereocenters. The van der Waals surface area contributed by atoms with Gasteiger partial charge in [-0.25, -0.2) is 8.42 Å². The molecule has 0 aliphatic heterocycles. The van der Waals surface area contributed by atoms with E-state index in [9.17, 15) is 18.0 Å². The number of carbonyl (C=O) groups excluding carboxylic acids is 2. The zero-order valence-corrected chi connectivity index (χ0v) is 16.6. The molecule has 0 aliphatic carbocycles. The fourth-order valence-electron chi connectivity index (χ4n) is 2.10. The van der Waals surface area contributed by atoms with Crippen molar-refractivity contribution in [1.29, 1.82) is 0 Å². The number of carbonyl (C=O) groups is 2. The van der Waals surface area contributed by atoms with Gasteiger partial charge in [-0.3, -0.25) is 9.59 Å². The summed E-state index contributed by atoms with van der Waals surface area (Å²) in [6.45, 7) is -0.487. The van der Waals surface area contributed by atoms with Gasteiger partial charge in [-0.05, 0) is 30.3 Å². The van der Waals surface area contributed by atoms with Gasteiger partial charge in [0.05, 0.1) is 34.2 Å². The highest BCUT2D eigenvalue weighted by Gasteiger charge is 2.19. The summed E-state index contributed by atoms with van der Waals surface area (Å²) in [5, 5.41) is 0.329. The van der Waals surface area contributed by atoms with Crippen LogP contribution < -0.4 is 4.74 Å². The zero-order valence-electron chi connectivity index (χ0n) is 14.3. The molecule has 0 bridgehead atoms. The summed E-state index contributed by atoms with van der Waals surface area (Å²) in [7, 11) is -2.27. The summed E-state index contributed by atoms with van der Waals surface area (Å²) < 4.78 is 34.4. The molecule has 27 heavy (non-hydrogen) atoms. The van der Waals surface area contributed by atoms with Crippen LogP contribution in [0.3, 0.4) is 0 Å². The topological polar surface area (TPSA) is 86.7 Å². The van der Waals surface area contributed by atoms with E-state index in [2.05, 4.69) is 0 Å². The van der Waals surface area contributed by atoms with Crippen molar-refractivity contribution in [3.63, 3.8) is 0 Å². The maximum atomic E-state index is 12.2. The molecule has 0 heterocycles. The molecule has 0 radical (unpaired) electrons. The van der Waals surface area contributed by atoms with Crippen molar-refractivity contribution in [3.8, 4) is 5.75 Å². The van der Waals surface area contributed by atoms with Gasteiger partial charge < -0.3 is 9.47 Å². The molecule has 0 atom stereocenters. The van der Waals surface area contributed by atoms with E-state index in [4.69, 9.17) is 32.7 Å². The maximum absolute atomic E-state index is 12.2. The van der Waals surface area contributed by atoms with Gasteiger partial charge in [0.2, 0.25) is 0 Å². The fraction of sp³-hybridized carbons (Fsp3) is 0.222. The molecular weight excluding hydrogens is 415 g/mol. The van der Waals surface area contributed by atoms with Gasteiger partial charge in [-0.2, -0.15) is 0 Å². The monoisotopic (exact) mass is 430 g/mol. The minimum atomic E-state index is -3.74. The normalized spacial score (nSPS) is 11.1. The molecule has 9 heteroatoms. The highest BCUT2D eigenvalue weighted by atomic mass is 35.5. The summed E-state index contributed by atoms with van der Waals surface area (Å²) >= 11 is 11.6. The van der Waals surface area contributed by atoms with Gasteiger partial charge in [0.25, 0.3) is 0 Å². The first-order valence-electron chi connectivity index (χ1n) is 7.73. The molecule has 0 amide bonds. The first-order chi connectivity index (χ1) is 12.7. The lowest BCUT2D eigenvalue weighted by molar-refractivity contribution is -0.142. The molecule has 144 valence electrons. The van der Waals surface area contributed by atoms with Crippen molar-refractivity contribution < 1.29 is 27.5 Å². The van der Waals surface area contributed by atoms with E-state index in [-0.39, 0.29) is 14.9 Å². The number of benzene rings is 2. The summed E-state index contributed by atoms with van der Waals surface area (Å²) in [5.74, 6) is -1.19. The molecule has 2 aromatic rings. The number of methoxy groups -OCH3 is 1. The third kappa shape index (κ3) is 5.95. The Hall–Kier alpha value is -2.09. The molecule has 0 aromatic heterocycles. The number of sulfone groups is 1. The molecule has 0 saturated heterocycles. The van der Waals surface area contributed by atoms with Gasteiger partial charge in [-0.1, -0.05) is 35.3 Å². The van der Waals surface area contributed by atoms with Crippen LogP contribution in [0.25, 0.3) is 0 Å². The van der Waals surface area contributed by atoms with E-state index in [1.165, 1.54) is 31.4 Å². The van der Waals surface area contributed by atoms with E-state index >= 15 is 0 Å². The van der Waals surface area contributed by atoms with E-state index in [0.717, 1.165) is 0 Å². The van der Waals surface area contributed by atoms with Crippen LogP contribution in [0.1, 0.15) is 16.8 Å². The summed E-state index contributed by atoms with van der Waals surface area (Å²) in [5.41, 5.74) is 0.325. The molecule has 0 saturated carbocycles. The number of ketones is 1. The highest BCUT2D eigenvalue weighted by Crippen LogP contribution is 2.25. The lowest BCUT2D eigenvalue weighted by Crippen LogP contribution is -2.17. The van der Waals surface area contributed by atoms with E-state index < -0.39 is 40.4 Å². The van der Waals surface area contributed by atoms with Gasteiger partial charge >= 0.3 is 5.97 Å². The third-order valence-electron chi connectivity index (χ3n) is 3.58. The molecular formula is C18H16Cl2O6S. The quantitative estimate of drug-likeness (QED) is 0.469. The lowest BCUT2D eigenvalue weighted by atomic mass is 10.1. The van der Waals surface area contributed by atoms with Crippen molar-refractivity contribution >= 4 is 44.8 Å². The summed E-state index contributed by atoms with van der Waals surface area (Å²) in [6, 6.07) is 10.3. The Morgan fingerprint density at radius 2 is 1.78 bits per heavy atom. The van der Waals surface area contributed by atoms with Crippen LogP contribution in [0.15, 0.2) is 47.4 Å². The van der Waals surface area contributed by atoms with Crippen molar-refractivity contribution in [1.82, 2.24) is 0 Å². The second kappa shape index (κ2) is 9.21. The van der Waals surface area contributed by atoms with Crippen molar-refractivity contribution in [2.24, 2.45) is 0 Å². The zero-order chi connectivity index (χ0) is 20.0. The first kappa shape index (κ1) is 21.2. The number of hydrogen-bond acceptors (Lipinski definition) is 6. The second-order valence-corrected chi connectivity index (χ2v) is 8.38. The Morgan fingerprint density at radius 1 is 1.04 bits per heavy atom. The van der Waals surface area contributed by atoms with Gasteiger partial charge in [0.1, 0.15) is 5.75 Å². The van der Waals surface area contributed by atoms with Crippen LogP contribution in [-0.4, -0.2) is 39.6 Å². The number of halogens is 2. The van der Waals surface area contributed by atoms with E-state index in [0.29, 0.717) is 11.3 Å². The number of Topliss-reactive ketones (excluding diaryl/α,β-unsaturated/α-hetero) is 1. The molecule has 0 fully saturated rings. The second-order valence-electron chi connectivity index (χ2n) is 5.46. The van der Waals surface area contributed by atoms with Crippen molar-refractivity contribution in [2.75, 3.05) is 19.5 Å². The predicted molar refractivity (Wildman–Crippen MR) is 101 cm³/mol. The van der Waals surface area contributed by atoms with Crippen LogP contribution in [-0.2, 0) is 19.4 Å². The Bertz CT molecular complexity index is 956. The Morgan fingerprint density at radius 3 is 2.44 bits per heavy atom. The van der Waals surface area contributed by atoms with Crippen molar-refractivity contribution in [3.05, 3.63) is 58.1 Å². The molecule has 0 N–H and O–H groups in total. The Labute approximate surface area is 166 Å². The standard InChI is InChI=1S/C18H16Cl2O6S/c1-25-13-4-2-3-12(9-13)17(21)11-26-18(22)7-8-27(23,24)14-5-6-15(19)16(20)10-14/h2-6,9-10H,7-8,11H2,1H3. The molecule has 6 nitrogen and oxygen atoms in total. The number of rotatable bonds is 8. The van der Waals surface area contributed by atoms with Crippen LogP contribution in [0.2, 0.25) is 10.0 Å². The first-order valence-corrected chi connectivity index (χ1v) is 10.1. The lowest BCUT2D eigenvalue weighted by Gasteiger charge is -2.07. The largest absolute Gasteiger partial charge is 0.497 e. The van der Waals surface area contributed by atoms with Gasteiger partial charge in [-0.15, -0.1) is 0 Å². The Kier molecular flexibility index (Phi) is 7.24. The SMILES string of the molecule is COc1cccc(C(=O)COC(=O)CCS(=O)(=O)c2ccc(Cl)c(Cl)c2)c1. The summed E-state index contributed by atoms with van der Waals surface area (Å²) in [6.07, 6.45) is -0.395. The third-order valence-corrected chi connectivity index (χ3v) is 6.03. The Balaban J connectivity index is 1.89. The molecule has 2 rings (SSSR count). The maximum Gasteiger partial charge on any atom is 0.307 e. The van der Waals surface area contributed by atoms with Crippen LogP contribution >= 0.6 is 23.2 Å². The number of hydrogen-bond donors (Lipinski definition) is 0. The van der Waals surface area contributed by atoms with Crippen LogP contribution in [0, 0.1) is 0 Å². The fourth-order valence-corrected chi connectivity index (χ4v) is 3.71. The highest BCUT2D eigenvalue weighted by molar-refractivity contribution is 7.91.